The minimum atomic E-state index is 0.209. The minimum absolute atomic E-state index is 0.209. The molecule has 168 valence electrons. The van der Waals surface area contributed by atoms with Crippen molar-refractivity contribution < 1.29 is 0 Å². The summed E-state index contributed by atoms with van der Waals surface area (Å²) in [6, 6.07) is 10.1. The predicted molar refractivity (Wildman–Crippen MR) is 129 cm³/mol. The number of likely N-dealkylation sites (N-methyl/N-ethyl adjacent to an activating group) is 2. The molecule has 1 aromatic rings. The van der Waals surface area contributed by atoms with E-state index in [9.17, 15) is 0 Å². The third-order valence-corrected chi connectivity index (χ3v) is 6.64. The van der Waals surface area contributed by atoms with Crippen molar-refractivity contribution in [2.45, 2.75) is 51.1 Å². The number of hydrogen-bond donors (Lipinski definition) is 2. The van der Waals surface area contributed by atoms with Crippen molar-refractivity contribution in [1.29, 1.82) is 0 Å². The number of guanidine groups is 1. The molecule has 2 N–H and O–H groups in total. The Bertz CT molecular complexity index is 685. The fourth-order valence-corrected chi connectivity index (χ4v) is 4.38. The summed E-state index contributed by atoms with van der Waals surface area (Å²) in [5.74, 6) is 0.935. The lowest BCUT2D eigenvalue weighted by atomic mass is 9.87. The number of benzene rings is 1. The van der Waals surface area contributed by atoms with Crippen LogP contribution in [0.15, 0.2) is 29.3 Å². The molecule has 0 aromatic heterocycles. The van der Waals surface area contributed by atoms with Gasteiger partial charge in [-0.05, 0) is 50.0 Å². The summed E-state index contributed by atoms with van der Waals surface area (Å²) in [5, 5.41) is 7.21. The number of hydrogen-bond acceptors (Lipinski definition) is 4. The van der Waals surface area contributed by atoms with E-state index in [2.05, 4.69) is 89.5 Å². The Morgan fingerprint density at radius 1 is 1.03 bits per heavy atom. The summed E-state index contributed by atoms with van der Waals surface area (Å²) < 4.78 is 0. The molecule has 2 heterocycles. The van der Waals surface area contributed by atoms with Crippen molar-refractivity contribution in [1.82, 2.24) is 20.4 Å². The van der Waals surface area contributed by atoms with Crippen molar-refractivity contribution in [3.05, 3.63) is 29.8 Å². The van der Waals surface area contributed by atoms with Crippen molar-refractivity contribution in [3.8, 4) is 0 Å². The molecular formula is C24H42N6. The molecule has 30 heavy (non-hydrogen) atoms. The van der Waals surface area contributed by atoms with Crippen LogP contribution in [0, 0.1) is 0 Å². The molecule has 2 saturated heterocycles. The molecule has 6 heteroatoms. The number of anilines is 1. The van der Waals surface area contributed by atoms with Crippen LogP contribution in [-0.4, -0.2) is 88.3 Å². The molecule has 3 rings (SSSR count). The maximum absolute atomic E-state index is 4.47. The van der Waals surface area contributed by atoms with Gasteiger partial charge in [-0.1, -0.05) is 32.9 Å². The Labute approximate surface area is 183 Å². The predicted octanol–water partition coefficient (Wildman–Crippen LogP) is 2.36. The molecule has 0 spiro atoms. The monoisotopic (exact) mass is 414 g/mol. The molecule has 0 bridgehead atoms. The van der Waals surface area contributed by atoms with Crippen LogP contribution in [0.5, 0.6) is 0 Å². The van der Waals surface area contributed by atoms with E-state index < -0.39 is 0 Å². The first-order chi connectivity index (χ1) is 14.3. The molecule has 0 amide bonds. The second-order valence-electron chi connectivity index (χ2n) is 10.1. The van der Waals surface area contributed by atoms with Gasteiger partial charge in [-0.15, -0.1) is 0 Å². The fraction of sp³-hybridized carbons (Fsp3) is 0.708. The van der Waals surface area contributed by atoms with Crippen molar-refractivity contribution in [2.75, 3.05) is 65.3 Å². The van der Waals surface area contributed by atoms with Gasteiger partial charge in [0.25, 0.3) is 0 Å². The molecule has 0 saturated carbocycles. The van der Waals surface area contributed by atoms with E-state index in [0.717, 1.165) is 58.1 Å². The maximum Gasteiger partial charge on any atom is 0.191 e. The summed E-state index contributed by atoms with van der Waals surface area (Å²) in [6.07, 6.45) is 2.27. The quantitative estimate of drug-likeness (QED) is 0.585. The van der Waals surface area contributed by atoms with Crippen molar-refractivity contribution in [2.24, 2.45) is 4.99 Å². The Balaban J connectivity index is 1.45. The molecule has 2 aliphatic rings. The van der Waals surface area contributed by atoms with Crippen LogP contribution in [0.4, 0.5) is 5.69 Å². The Morgan fingerprint density at radius 2 is 1.70 bits per heavy atom. The third-order valence-electron chi connectivity index (χ3n) is 6.64. The SMILES string of the molecule is CN=C(NCC1CN(C)CCN1C)NC1CCN(c2ccc(C(C)(C)C)cc2)CC1. The van der Waals surface area contributed by atoms with Crippen LogP contribution in [-0.2, 0) is 5.41 Å². The number of nitrogens with zero attached hydrogens (tertiary/aromatic N) is 4. The highest BCUT2D eigenvalue weighted by atomic mass is 15.3. The molecule has 1 aromatic carbocycles. The highest BCUT2D eigenvalue weighted by molar-refractivity contribution is 5.80. The maximum atomic E-state index is 4.47. The number of nitrogens with one attached hydrogen (secondary N) is 2. The Kier molecular flexibility index (Phi) is 7.64. The molecule has 2 fully saturated rings. The van der Waals surface area contributed by atoms with Gasteiger partial charge in [0.1, 0.15) is 0 Å². The van der Waals surface area contributed by atoms with Gasteiger partial charge in [0.2, 0.25) is 0 Å². The fourth-order valence-electron chi connectivity index (χ4n) is 4.38. The topological polar surface area (TPSA) is 46.1 Å². The first kappa shape index (κ1) is 22.9. The zero-order chi connectivity index (χ0) is 21.7. The van der Waals surface area contributed by atoms with E-state index in [1.165, 1.54) is 11.3 Å². The minimum Gasteiger partial charge on any atom is -0.371 e. The zero-order valence-electron chi connectivity index (χ0n) is 19.9. The molecule has 6 nitrogen and oxygen atoms in total. The van der Waals surface area contributed by atoms with Crippen LogP contribution in [0.3, 0.4) is 0 Å². The van der Waals surface area contributed by atoms with Gasteiger partial charge in [0, 0.05) is 64.1 Å². The lowest BCUT2D eigenvalue weighted by Crippen LogP contribution is -2.56. The van der Waals surface area contributed by atoms with Crippen LogP contribution in [0.2, 0.25) is 0 Å². The standard InChI is InChI=1S/C24H42N6/c1-24(2,3)19-7-9-21(10-8-19)30-13-11-20(12-14-30)27-23(25-4)26-17-22-18-28(5)15-16-29(22)6/h7-10,20,22H,11-18H2,1-6H3,(H2,25,26,27). The zero-order valence-corrected chi connectivity index (χ0v) is 19.9. The average molecular weight is 415 g/mol. The highest BCUT2D eigenvalue weighted by Crippen LogP contribution is 2.26. The molecule has 0 radical (unpaired) electrons. The highest BCUT2D eigenvalue weighted by Gasteiger charge is 2.24. The summed E-state index contributed by atoms with van der Waals surface area (Å²) >= 11 is 0. The summed E-state index contributed by atoms with van der Waals surface area (Å²) in [7, 11) is 6.30. The largest absolute Gasteiger partial charge is 0.371 e. The van der Waals surface area contributed by atoms with Gasteiger partial charge < -0.3 is 20.4 Å². The first-order valence-corrected chi connectivity index (χ1v) is 11.5. The van der Waals surface area contributed by atoms with Crippen LogP contribution in [0.25, 0.3) is 0 Å². The van der Waals surface area contributed by atoms with Crippen LogP contribution < -0.4 is 15.5 Å². The van der Waals surface area contributed by atoms with Gasteiger partial charge in [0.05, 0.1) is 0 Å². The van der Waals surface area contributed by atoms with Crippen LogP contribution >= 0.6 is 0 Å². The van der Waals surface area contributed by atoms with E-state index >= 15 is 0 Å². The normalized spacial score (nSPS) is 22.9. The van der Waals surface area contributed by atoms with Crippen molar-refractivity contribution in [3.63, 3.8) is 0 Å². The number of aliphatic imine (C=N–C) groups is 1. The first-order valence-electron chi connectivity index (χ1n) is 11.5. The summed E-state index contributed by atoms with van der Waals surface area (Å²) in [6.45, 7) is 13.3. The van der Waals surface area contributed by atoms with Gasteiger partial charge in [0.15, 0.2) is 5.96 Å². The van der Waals surface area contributed by atoms with Crippen LogP contribution in [0.1, 0.15) is 39.2 Å². The number of piperazine rings is 1. The second-order valence-corrected chi connectivity index (χ2v) is 10.1. The molecule has 1 atom stereocenters. The van der Waals surface area contributed by atoms with Gasteiger partial charge >= 0.3 is 0 Å². The van der Waals surface area contributed by atoms with E-state index in [0.29, 0.717) is 12.1 Å². The van der Waals surface area contributed by atoms with Gasteiger partial charge in [-0.2, -0.15) is 0 Å². The number of piperidine rings is 1. The lowest BCUT2D eigenvalue weighted by Gasteiger charge is -2.38. The van der Waals surface area contributed by atoms with Gasteiger partial charge in [-0.3, -0.25) is 9.89 Å². The average Bonchev–Trinajstić information content (AvgIpc) is 2.73. The molecule has 1 unspecified atom stereocenters. The van der Waals surface area contributed by atoms with E-state index in [1.807, 2.05) is 7.05 Å². The third kappa shape index (κ3) is 6.11. The molecular weight excluding hydrogens is 372 g/mol. The molecule has 2 aliphatic heterocycles. The number of rotatable bonds is 4. The lowest BCUT2D eigenvalue weighted by molar-refractivity contribution is 0.116. The summed E-state index contributed by atoms with van der Waals surface area (Å²) in [5.41, 5.74) is 2.95. The Hall–Kier alpha value is -1.79. The second kappa shape index (κ2) is 10.0. The molecule has 0 aliphatic carbocycles. The van der Waals surface area contributed by atoms with Crippen molar-refractivity contribution >= 4 is 11.6 Å². The Morgan fingerprint density at radius 3 is 2.30 bits per heavy atom. The van der Waals surface area contributed by atoms with E-state index in [-0.39, 0.29) is 5.41 Å². The van der Waals surface area contributed by atoms with E-state index in [4.69, 9.17) is 0 Å². The van der Waals surface area contributed by atoms with Gasteiger partial charge in [-0.25, -0.2) is 0 Å². The smallest absolute Gasteiger partial charge is 0.191 e. The summed E-state index contributed by atoms with van der Waals surface area (Å²) in [4.78, 5) is 11.8. The van der Waals surface area contributed by atoms with E-state index in [1.54, 1.807) is 0 Å².